The zero-order chi connectivity index (χ0) is 23.1. The summed E-state index contributed by atoms with van der Waals surface area (Å²) in [7, 11) is 0. The molecule has 2 heterocycles. The van der Waals surface area contributed by atoms with Gasteiger partial charge in [0.15, 0.2) is 11.5 Å². The predicted octanol–water partition coefficient (Wildman–Crippen LogP) is 3.92. The molecule has 172 valence electrons. The maximum atomic E-state index is 12.7. The summed E-state index contributed by atoms with van der Waals surface area (Å²) >= 11 is 6.43. The van der Waals surface area contributed by atoms with Crippen molar-refractivity contribution < 1.29 is 19.1 Å². The molecule has 1 aliphatic rings. The fourth-order valence-electron chi connectivity index (χ4n) is 3.31. The van der Waals surface area contributed by atoms with Crippen LogP contribution in [0.2, 0.25) is 5.15 Å². The number of aryl methyl sites for hydroxylation is 2. The molecule has 0 atom stereocenters. The summed E-state index contributed by atoms with van der Waals surface area (Å²) in [5.41, 5.74) is 2.06. The number of carbonyl (C=O) groups excluding carboxylic acids is 2. The van der Waals surface area contributed by atoms with Gasteiger partial charge >= 0.3 is 0 Å². The quantitative estimate of drug-likeness (QED) is 0.573. The Hall–Kier alpha value is -3.00. The largest absolute Gasteiger partial charge is 0.486 e. The van der Waals surface area contributed by atoms with Crippen molar-refractivity contribution in [2.45, 2.75) is 40.2 Å². The lowest BCUT2D eigenvalue weighted by Gasteiger charge is -2.20. The van der Waals surface area contributed by atoms with Gasteiger partial charge in [0.25, 0.3) is 0 Å². The van der Waals surface area contributed by atoms with Gasteiger partial charge in [-0.25, -0.2) is 0 Å². The molecule has 0 unspecified atom stereocenters. The van der Waals surface area contributed by atoms with Gasteiger partial charge in [0, 0.05) is 36.5 Å². The highest BCUT2D eigenvalue weighted by Crippen LogP contribution is 2.32. The van der Waals surface area contributed by atoms with Crippen molar-refractivity contribution >= 4 is 35.2 Å². The number of aromatic nitrogens is 2. The van der Waals surface area contributed by atoms with E-state index in [1.54, 1.807) is 29.0 Å². The molecule has 1 aromatic heterocycles. The van der Waals surface area contributed by atoms with E-state index in [1.807, 2.05) is 13.8 Å². The molecule has 2 aromatic rings. The van der Waals surface area contributed by atoms with Gasteiger partial charge in [-0.05, 0) is 38.5 Å². The molecule has 32 heavy (non-hydrogen) atoms. The van der Waals surface area contributed by atoms with Gasteiger partial charge in [0.05, 0.1) is 5.69 Å². The molecular formula is C23H29ClN4O4. The van der Waals surface area contributed by atoms with Crippen LogP contribution < -0.4 is 14.8 Å². The molecule has 1 N–H and O–H groups in total. The highest BCUT2D eigenvalue weighted by Gasteiger charge is 2.17. The van der Waals surface area contributed by atoms with Gasteiger partial charge in [0.1, 0.15) is 24.9 Å². The Labute approximate surface area is 193 Å². The van der Waals surface area contributed by atoms with Crippen LogP contribution in [-0.2, 0) is 16.1 Å². The molecule has 9 heteroatoms. The van der Waals surface area contributed by atoms with E-state index >= 15 is 0 Å². The van der Waals surface area contributed by atoms with Crippen LogP contribution in [0.5, 0.6) is 11.5 Å². The van der Waals surface area contributed by atoms with Crippen molar-refractivity contribution in [3.63, 3.8) is 0 Å². The summed E-state index contributed by atoms with van der Waals surface area (Å²) in [5, 5.41) is 7.75. The normalized spacial score (nSPS) is 12.8. The van der Waals surface area contributed by atoms with Crippen LogP contribution in [-0.4, -0.2) is 52.8 Å². The summed E-state index contributed by atoms with van der Waals surface area (Å²) in [4.78, 5) is 26.6. The maximum absolute atomic E-state index is 12.7. The van der Waals surface area contributed by atoms with Crippen LogP contribution in [0.4, 0.5) is 5.69 Å². The number of nitrogens with zero attached hydrogens (tertiary/aromatic N) is 3. The van der Waals surface area contributed by atoms with Crippen LogP contribution in [0.15, 0.2) is 24.3 Å². The van der Waals surface area contributed by atoms with Crippen LogP contribution >= 0.6 is 11.6 Å². The molecule has 3 rings (SSSR count). The number of hydrogen-bond acceptors (Lipinski definition) is 5. The number of rotatable bonds is 9. The second-order valence-corrected chi connectivity index (χ2v) is 7.82. The van der Waals surface area contributed by atoms with E-state index < -0.39 is 0 Å². The number of carbonyl (C=O) groups is 2. The summed E-state index contributed by atoms with van der Waals surface area (Å²) in [6, 6.07) is 5.21. The first-order chi connectivity index (χ1) is 15.4. The molecule has 0 saturated heterocycles. The first kappa shape index (κ1) is 23.7. The van der Waals surface area contributed by atoms with Gasteiger partial charge < -0.3 is 19.7 Å². The van der Waals surface area contributed by atoms with Crippen molar-refractivity contribution in [3.05, 3.63) is 40.7 Å². The summed E-state index contributed by atoms with van der Waals surface area (Å²) < 4.78 is 12.8. The molecule has 1 aliphatic heterocycles. The van der Waals surface area contributed by atoms with Gasteiger partial charge in [-0.3, -0.25) is 14.3 Å². The first-order valence-electron chi connectivity index (χ1n) is 10.8. The Balaban J connectivity index is 1.61. The third kappa shape index (κ3) is 5.82. The number of ether oxygens (including phenoxy) is 2. The molecule has 1 aromatic carbocycles. The van der Waals surface area contributed by atoms with Gasteiger partial charge in [0.2, 0.25) is 11.8 Å². The second-order valence-electron chi connectivity index (χ2n) is 7.46. The number of fused-ring (bicyclic) bond motifs is 1. The third-order valence-electron chi connectivity index (χ3n) is 5.08. The fraction of sp³-hybridized carbons (Fsp3) is 0.435. The highest BCUT2D eigenvalue weighted by molar-refractivity contribution is 6.31. The molecule has 2 amide bonds. The van der Waals surface area contributed by atoms with Crippen molar-refractivity contribution in [2.24, 2.45) is 0 Å². The van der Waals surface area contributed by atoms with Gasteiger partial charge in [-0.2, -0.15) is 5.10 Å². The Morgan fingerprint density at radius 1 is 1.25 bits per heavy atom. The number of benzene rings is 1. The molecule has 0 bridgehead atoms. The topological polar surface area (TPSA) is 85.7 Å². The predicted molar refractivity (Wildman–Crippen MR) is 124 cm³/mol. The van der Waals surface area contributed by atoms with Crippen molar-refractivity contribution in [2.75, 3.05) is 31.6 Å². The van der Waals surface area contributed by atoms with Crippen LogP contribution in [0.1, 0.15) is 37.9 Å². The highest BCUT2D eigenvalue weighted by atomic mass is 35.5. The molecular weight excluding hydrogens is 432 g/mol. The second kappa shape index (κ2) is 11.0. The first-order valence-corrected chi connectivity index (χ1v) is 11.2. The number of unbranched alkanes of at least 4 members (excludes halogenated alkanes) is 1. The lowest BCUT2D eigenvalue weighted by atomic mass is 10.2. The zero-order valence-electron chi connectivity index (χ0n) is 18.7. The van der Waals surface area contributed by atoms with E-state index in [9.17, 15) is 9.59 Å². The van der Waals surface area contributed by atoms with Crippen molar-refractivity contribution in [3.8, 4) is 11.5 Å². The molecule has 0 radical (unpaired) electrons. The summed E-state index contributed by atoms with van der Waals surface area (Å²) in [6.07, 6.45) is 5.11. The fourth-order valence-corrected chi connectivity index (χ4v) is 3.64. The SMILES string of the molecule is CCCCn1nc(C)c(C=CC(=O)N(CC)CC(=O)Nc2ccc3c(c2)OCCO3)c1Cl. The number of likely N-dealkylation sites (N-methyl/N-ethyl adjacent to an activating group) is 1. The number of hydrogen-bond donors (Lipinski definition) is 1. The third-order valence-corrected chi connectivity index (χ3v) is 5.48. The number of amides is 2. The Bertz CT molecular complexity index is 1000. The minimum Gasteiger partial charge on any atom is -0.486 e. The molecule has 0 saturated carbocycles. The average molecular weight is 461 g/mol. The summed E-state index contributed by atoms with van der Waals surface area (Å²) in [6.45, 7) is 7.81. The van der Waals surface area contributed by atoms with Crippen molar-refractivity contribution in [1.29, 1.82) is 0 Å². The van der Waals surface area contributed by atoms with Crippen LogP contribution in [0.25, 0.3) is 6.08 Å². The smallest absolute Gasteiger partial charge is 0.247 e. The molecule has 0 aliphatic carbocycles. The standard InChI is InChI=1S/C23H29ClN4O4/c1-4-6-11-28-23(24)18(16(3)26-28)8-10-22(30)27(5-2)15-21(29)25-17-7-9-19-20(14-17)32-13-12-31-19/h7-10,14H,4-6,11-13,15H2,1-3H3,(H,25,29). The minimum absolute atomic E-state index is 0.0728. The van der Waals surface area contributed by atoms with E-state index in [0.717, 1.165) is 25.1 Å². The Morgan fingerprint density at radius 2 is 2.00 bits per heavy atom. The lowest BCUT2D eigenvalue weighted by molar-refractivity contribution is -0.130. The van der Waals surface area contributed by atoms with E-state index in [-0.39, 0.29) is 18.4 Å². The number of nitrogens with one attached hydrogen (secondary N) is 1. The van der Waals surface area contributed by atoms with Crippen LogP contribution in [0.3, 0.4) is 0 Å². The maximum Gasteiger partial charge on any atom is 0.247 e. The number of halogens is 1. The Morgan fingerprint density at radius 3 is 2.72 bits per heavy atom. The average Bonchev–Trinajstić information content (AvgIpc) is 3.06. The van der Waals surface area contributed by atoms with E-state index in [4.69, 9.17) is 21.1 Å². The monoisotopic (exact) mass is 460 g/mol. The van der Waals surface area contributed by atoms with Gasteiger partial charge in [-0.15, -0.1) is 0 Å². The molecule has 0 spiro atoms. The zero-order valence-corrected chi connectivity index (χ0v) is 19.4. The molecule has 8 nitrogen and oxygen atoms in total. The van der Waals surface area contributed by atoms with Crippen molar-refractivity contribution in [1.82, 2.24) is 14.7 Å². The summed E-state index contributed by atoms with van der Waals surface area (Å²) in [5.74, 6) is 0.664. The lowest BCUT2D eigenvalue weighted by Crippen LogP contribution is -2.36. The Kier molecular flexibility index (Phi) is 8.16. The number of anilines is 1. The van der Waals surface area contributed by atoms with Crippen LogP contribution in [0, 0.1) is 6.92 Å². The van der Waals surface area contributed by atoms with Gasteiger partial charge in [-0.1, -0.05) is 24.9 Å². The van der Waals surface area contributed by atoms with E-state index in [1.165, 1.54) is 11.0 Å². The van der Waals surface area contributed by atoms with E-state index in [0.29, 0.717) is 47.7 Å². The molecule has 0 fully saturated rings. The van der Waals surface area contributed by atoms with E-state index in [2.05, 4.69) is 17.3 Å². The minimum atomic E-state index is -0.299.